The van der Waals surface area contributed by atoms with E-state index >= 15 is 0 Å². The molecular formula is C17H28N4. The molecule has 0 saturated heterocycles. The maximum Gasteiger partial charge on any atom is 0.0492 e. The van der Waals surface area contributed by atoms with E-state index in [0.717, 1.165) is 30.6 Å². The van der Waals surface area contributed by atoms with Crippen LogP contribution in [0.4, 0.5) is 0 Å². The minimum Gasteiger partial charge on any atom is -0.273 e. The number of rotatable bonds is 5. The number of hydrogen-bond acceptors (Lipinski definition) is 3. The Morgan fingerprint density at radius 1 is 1.29 bits per heavy atom. The van der Waals surface area contributed by atoms with E-state index in [4.69, 9.17) is 5.84 Å². The van der Waals surface area contributed by atoms with Gasteiger partial charge in [0.15, 0.2) is 0 Å². The van der Waals surface area contributed by atoms with Gasteiger partial charge in [-0.2, -0.15) is 5.10 Å². The van der Waals surface area contributed by atoms with Crippen LogP contribution in [0, 0.1) is 23.2 Å². The van der Waals surface area contributed by atoms with Crippen LogP contribution >= 0.6 is 0 Å². The molecule has 1 aromatic heterocycles. The van der Waals surface area contributed by atoms with E-state index in [-0.39, 0.29) is 0 Å². The average Bonchev–Trinajstić information content (AvgIpc) is 2.83. The molecule has 4 fully saturated rings. The Hall–Kier alpha value is -0.870. The number of hydrazine groups is 1. The van der Waals surface area contributed by atoms with Crippen LogP contribution in [0.15, 0.2) is 12.3 Å². The third kappa shape index (κ3) is 2.33. The molecule has 0 amide bonds. The second kappa shape index (κ2) is 5.10. The van der Waals surface area contributed by atoms with Crippen molar-refractivity contribution in [1.29, 1.82) is 0 Å². The molecule has 0 spiro atoms. The fraction of sp³-hybridized carbons (Fsp3) is 0.824. The van der Waals surface area contributed by atoms with E-state index in [1.54, 1.807) is 0 Å². The van der Waals surface area contributed by atoms with Gasteiger partial charge in [-0.25, -0.2) is 0 Å². The summed E-state index contributed by atoms with van der Waals surface area (Å²) in [6, 6.07) is 2.61. The van der Waals surface area contributed by atoms with Crippen molar-refractivity contribution in [3.8, 4) is 0 Å². The van der Waals surface area contributed by atoms with Gasteiger partial charge < -0.3 is 0 Å². The third-order valence-corrected chi connectivity index (χ3v) is 6.64. The zero-order valence-corrected chi connectivity index (χ0v) is 13.1. The van der Waals surface area contributed by atoms with Crippen molar-refractivity contribution in [2.75, 3.05) is 0 Å². The lowest BCUT2D eigenvalue weighted by Gasteiger charge is -2.59. The van der Waals surface area contributed by atoms with E-state index in [1.807, 2.05) is 17.9 Å². The molecule has 1 aromatic rings. The summed E-state index contributed by atoms with van der Waals surface area (Å²) in [5.74, 6) is 8.97. The van der Waals surface area contributed by atoms with Gasteiger partial charge in [0.1, 0.15) is 0 Å². The van der Waals surface area contributed by atoms with Gasteiger partial charge in [-0.05, 0) is 80.6 Å². The summed E-state index contributed by atoms with van der Waals surface area (Å²) in [4.78, 5) is 0. The first-order valence-electron chi connectivity index (χ1n) is 8.61. The van der Waals surface area contributed by atoms with Gasteiger partial charge in [0.05, 0.1) is 0 Å². The SMILES string of the molecule is Cn1nccc1CCC(NN)C12CC3CC(CC(C3)C1)C2. The zero-order valence-electron chi connectivity index (χ0n) is 13.1. The van der Waals surface area contributed by atoms with Gasteiger partial charge in [0.25, 0.3) is 0 Å². The molecule has 1 unspecified atom stereocenters. The Morgan fingerprint density at radius 3 is 2.38 bits per heavy atom. The molecule has 0 aliphatic heterocycles. The van der Waals surface area contributed by atoms with Crippen molar-refractivity contribution < 1.29 is 0 Å². The highest BCUT2D eigenvalue weighted by molar-refractivity contribution is 5.07. The number of nitrogens with zero attached hydrogens (tertiary/aromatic N) is 2. The fourth-order valence-electron chi connectivity index (χ4n) is 6.11. The molecule has 0 aromatic carbocycles. The summed E-state index contributed by atoms with van der Waals surface area (Å²) in [6.45, 7) is 0. The number of aromatic nitrogens is 2. The highest BCUT2D eigenvalue weighted by atomic mass is 15.3. The van der Waals surface area contributed by atoms with E-state index in [1.165, 1.54) is 44.2 Å². The quantitative estimate of drug-likeness (QED) is 0.646. The summed E-state index contributed by atoms with van der Waals surface area (Å²) in [6.07, 6.45) is 12.9. The smallest absolute Gasteiger partial charge is 0.0492 e. The summed E-state index contributed by atoms with van der Waals surface area (Å²) < 4.78 is 1.99. The molecular weight excluding hydrogens is 260 g/mol. The molecule has 0 radical (unpaired) electrons. The highest BCUT2D eigenvalue weighted by Crippen LogP contribution is 2.61. The first-order valence-corrected chi connectivity index (χ1v) is 8.61. The highest BCUT2D eigenvalue weighted by Gasteiger charge is 2.53. The standard InChI is InChI=1S/C17H28N4/c1-21-15(4-5-19-21)2-3-16(20-18)17-9-12-6-13(10-17)8-14(7-12)11-17/h4-5,12-14,16,20H,2-3,6-11,18H2,1H3. The minimum absolute atomic E-state index is 0.473. The molecule has 4 aliphatic rings. The van der Waals surface area contributed by atoms with Crippen LogP contribution in [-0.4, -0.2) is 15.8 Å². The van der Waals surface area contributed by atoms with Gasteiger partial charge in [-0.3, -0.25) is 16.0 Å². The number of aryl methyl sites for hydroxylation is 2. The molecule has 5 rings (SSSR count). The van der Waals surface area contributed by atoms with Crippen LogP contribution in [0.3, 0.4) is 0 Å². The summed E-state index contributed by atoms with van der Waals surface area (Å²) >= 11 is 0. The second-order valence-electron chi connectivity index (χ2n) is 7.98. The maximum absolute atomic E-state index is 6.00. The number of nitrogens with two attached hydrogens (primary N) is 1. The van der Waals surface area contributed by atoms with Crippen LogP contribution in [0.25, 0.3) is 0 Å². The lowest BCUT2D eigenvalue weighted by Crippen LogP contribution is -2.57. The Morgan fingerprint density at radius 2 is 1.90 bits per heavy atom. The van der Waals surface area contributed by atoms with Crippen LogP contribution in [-0.2, 0) is 13.5 Å². The predicted molar refractivity (Wildman–Crippen MR) is 83.2 cm³/mol. The molecule has 1 heterocycles. The van der Waals surface area contributed by atoms with Gasteiger partial charge in [0.2, 0.25) is 0 Å². The van der Waals surface area contributed by atoms with E-state index in [0.29, 0.717) is 11.5 Å². The van der Waals surface area contributed by atoms with Gasteiger partial charge >= 0.3 is 0 Å². The predicted octanol–water partition coefficient (Wildman–Crippen LogP) is 2.40. The topological polar surface area (TPSA) is 55.9 Å². The van der Waals surface area contributed by atoms with Crippen molar-refractivity contribution in [3.05, 3.63) is 18.0 Å². The first-order chi connectivity index (χ1) is 10.2. The average molecular weight is 288 g/mol. The van der Waals surface area contributed by atoms with Crippen molar-refractivity contribution in [2.24, 2.45) is 36.1 Å². The van der Waals surface area contributed by atoms with Crippen molar-refractivity contribution >= 4 is 0 Å². The van der Waals surface area contributed by atoms with Crippen molar-refractivity contribution in [2.45, 2.75) is 57.4 Å². The van der Waals surface area contributed by atoms with Crippen LogP contribution in [0.1, 0.15) is 50.6 Å². The van der Waals surface area contributed by atoms with Gasteiger partial charge in [-0.15, -0.1) is 0 Å². The minimum atomic E-state index is 0.473. The third-order valence-electron chi connectivity index (χ3n) is 6.64. The molecule has 3 N–H and O–H groups in total. The van der Waals surface area contributed by atoms with E-state index < -0.39 is 0 Å². The molecule has 21 heavy (non-hydrogen) atoms. The monoisotopic (exact) mass is 288 g/mol. The van der Waals surface area contributed by atoms with Gasteiger partial charge in [-0.1, -0.05) is 0 Å². The lowest BCUT2D eigenvalue weighted by atomic mass is 9.47. The maximum atomic E-state index is 6.00. The number of nitrogens with one attached hydrogen (secondary N) is 1. The van der Waals surface area contributed by atoms with E-state index in [9.17, 15) is 0 Å². The van der Waals surface area contributed by atoms with Crippen molar-refractivity contribution in [3.63, 3.8) is 0 Å². The molecule has 116 valence electrons. The number of hydrogen-bond donors (Lipinski definition) is 2. The largest absolute Gasteiger partial charge is 0.273 e. The summed E-state index contributed by atoms with van der Waals surface area (Å²) in [7, 11) is 2.03. The van der Waals surface area contributed by atoms with Crippen LogP contribution in [0.2, 0.25) is 0 Å². The van der Waals surface area contributed by atoms with Crippen molar-refractivity contribution in [1.82, 2.24) is 15.2 Å². The fourth-order valence-corrected chi connectivity index (χ4v) is 6.11. The Labute approximate surface area is 127 Å². The first kappa shape index (κ1) is 13.8. The lowest BCUT2D eigenvalue weighted by molar-refractivity contribution is -0.0752. The Bertz CT molecular complexity index is 471. The zero-order chi connectivity index (χ0) is 14.4. The summed E-state index contributed by atoms with van der Waals surface area (Å²) in [5, 5.41) is 4.28. The summed E-state index contributed by atoms with van der Waals surface area (Å²) in [5.41, 5.74) is 5.02. The molecule has 4 bridgehead atoms. The second-order valence-corrected chi connectivity index (χ2v) is 7.98. The molecule has 4 heteroatoms. The normalized spacial score (nSPS) is 38.9. The van der Waals surface area contributed by atoms with Crippen LogP contribution < -0.4 is 11.3 Å². The van der Waals surface area contributed by atoms with Crippen LogP contribution in [0.5, 0.6) is 0 Å². The van der Waals surface area contributed by atoms with E-state index in [2.05, 4.69) is 16.6 Å². The molecule has 4 nitrogen and oxygen atoms in total. The molecule has 4 saturated carbocycles. The Balaban J connectivity index is 1.49. The van der Waals surface area contributed by atoms with Gasteiger partial charge in [0, 0.05) is 25.0 Å². The molecule has 1 atom stereocenters. The molecule has 4 aliphatic carbocycles. The Kier molecular flexibility index (Phi) is 3.34.